The van der Waals surface area contributed by atoms with E-state index in [9.17, 15) is 0 Å². The average Bonchev–Trinajstić information content (AvgIpc) is 3.75. The fraction of sp³-hybridized carbons (Fsp3) is 0.0370. The van der Waals surface area contributed by atoms with Crippen LogP contribution >= 0.6 is 0 Å². The van der Waals surface area contributed by atoms with E-state index in [1.54, 1.807) is 0 Å². The van der Waals surface area contributed by atoms with Crippen molar-refractivity contribution in [3.63, 3.8) is 0 Å². The predicted octanol–water partition coefficient (Wildman–Crippen LogP) is 14.2. The first kappa shape index (κ1) is 29.8. The summed E-state index contributed by atoms with van der Waals surface area (Å²) in [6.45, 7) is 0. The molecule has 0 saturated carbocycles. The highest BCUT2D eigenvalue weighted by Crippen LogP contribution is 2.65. The van der Waals surface area contributed by atoms with Crippen molar-refractivity contribution in [1.29, 1.82) is 0 Å². The van der Waals surface area contributed by atoms with Crippen molar-refractivity contribution in [3.05, 3.63) is 216 Å². The Labute approximate surface area is 315 Å². The second-order valence-corrected chi connectivity index (χ2v) is 15.1. The number of hydrogen-bond acceptors (Lipinski definition) is 0. The summed E-state index contributed by atoms with van der Waals surface area (Å²) >= 11 is 0. The van der Waals surface area contributed by atoms with Gasteiger partial charge in [0.2, 0.25) is 0 Å². The van der Waals surface area contributed by atoms with Crippen LogP contribution in [-0.4, -0.2) is 0 Å². The molecule has 4 aliphatic carbocycles. The smallest absolute Gasteiger partial charge is 0.0212 e. The van der Waals surface area contributed by atoms with Gasteiger partial charge in [0, 0.05) is 11.8 Å². The van der Waals surface area contributed by atoms with Gasteiger partial charge in [-0.2, -0.15) is 0 Å². The third-order valence-corrected chi connectivity index (χ3v) is 12.4. The van der Waals surface area contributed by atoms with Gasteiger partial charge in [-0.05, 0) is 123 Å². The molecule has 8 aromatic carbocycles. The van der Waals surface area contributed by atoms with Gasteiger partial charge < -0.3 is 0 Å². The van der Waals surface area contributed by atoms with Crippen molar-refractivity contribution >= 4 is 43.8 Å². The summed E-state index contributed by atoms with van der Waals surface area (Å²) < 4.78 is 0. The van der Waals surface area contributed by atoms with E-state index in [2.05, 4.69) is 194 Å². The second-order valence-electron chi connectivity index (χ2n) is 15.1. The fourth-order valence-electron chi connectivity index (χ4n) is 10.3. The van der Waals surface area contributed by atoms with E-state index in [-0.39, 0.29) is 11.8 Å². The van der Waals surface area contributed by atoms with Gasteiger partial charge in [0.15, 0.2) is 0 Å². The molecule has 0 aromatic heterocycles. The van der Waals surface area contributed by atoms with Gasteiger partial charge in [0.25, 0.3) is 0 Å². The molecule has 0 N–H and O–H groups in total. The van der Waals surface area contributed by atoms with Crippen molar-refractivity contribution in [2.24, 2.45) is 11.8 Å². The Morgan fingerprint density at radius 2 is 0.574 bits per heavy atom. The molecule has 0 spiro atoms. The highest BCUT2D eigenvalue weighted by molar-refractivity contribution is 6.23. The van der Waals surface area contributed by atoms with Crippen molar-refractivity contribution in [3.8, 4) is 44.5 Å². The van der Waals surface area contributed by atoms with E-state index in [1.807, 2.05) is 0 Å². The highest BCUT2D eigenvalue weighted by atomic mass is 14.5. The van der Waals surface area contributed by atoms with Crippen molar-refractivity contribution in [1.82, 2.24) is 0 Å². The summed E-state index contributed by atoms with van der Waals surface area (Å²) in [7, 11) is 0. The molecule has 54 heavy (non-hydrogen) atoms. The van der Waals surface area contributed by atoms with Gasteiger partial charge in [0.05, 0.1) is 0 Å². The van der Waals surface area contributed by atoms with Crippen molar-refractivity contribution in [2.45, 2.75) is 0 Å². The molecule has 0 heterocycles. The zero-order chi connectivity index (χ0) is 35.3. The van der Waals surface area contributed by atoms with E-state index in [0.717, 1.165) is 0 Å². The summed E-state index contributed by atoms with van der Waals surface area (Å²) in [6.07, 6.45) is 9.86. The SMILES string of the molecule is C1=C2c3cc4c(-c5ccccc5)c5ccccc5c(-c5ccccc5)c4cc3C3=CC=C4c5c(-c6ccccc6)ccc(-c6ccccc6)c5C(=C1)C4C23. The first-order chi connectivity index (χ1) is 26.8. The van der Waals surface area contributed by atoms with Crippen LogP contribution in [0, 0.1) is 11.8 Å². The molecule has 0 unspecified atom stereocenters. The van der Waals surface area contributed by atoms with Crippen LogP contribution in [0.2, 0.25) is 0 Å². The lowest BCUT2D eigenvalue weighted by atomic mass is 9.72. The largest absolute Gasteiger partial charge is 0.0622 e. The molecule has 0 radical (unpaired) electrons. The minimum atomic E-state index is 0.268. The Morgan fingerprint density at radius 3 is 0.981 bits per heavy atom. The normalized spacial score (nSPS) is 17.3. The van der Waals surface area contributed by atoms with Gasteiger partial charge in [-0.25, -0.2) is 0 Å². The molecular formula is C54H34. The third kappa shape index (κ3) is 4.08. The summed E-state index contributed by atoms with van der Waals surface area (Å²) in [5.41, 5.74) is 21.6. The van der Waals surface area contributed by atoms with Crippen LogP contribution < -0.4 is 0 Å². The quantitative estimate of drug-likeness (QED) is 0.162. The number of hydrogen-bond donors (Lipinski definition) is 0. The standard InChI is InChI=1S/C54H34/c1-5-15-33(16-6-1)37-25-26-38(34-17-7-2-8-18-34)52-44-30-28-42-46-32-48-47(31-45(46)41-27-29-43(51(37)52)54(44)53(41)42)49(35-19-9-3-10-20-35)39-23-13-14-24-40(39)50(48)36-21-11-4-12-22-36/h1-32,53-54H. The zero-order valence-electron chi connectivity index (χ0n) is 29.6. The fourth-order valence-corrected chi connectivity index (χ4v) is 10.3. The van der Waals surface area contributed by atoms with E-state index in [1.165, 1.54) is 111 Å². The van der Waals surface area contributed by atoms with Gasteiger partial charge in [-0.3, -0.25) is 0 Å². The Balaban J connectivity index is 1.15. The summed E-state index contributed by atoms with van der Waals surface area (Å²) in [4.78, 5) is 0. The molecular weight excluding hydrogens is 649 g/mol. The topological polar surface area (TPSA) is 0 Å². The van der Waals surface area contributed by atoms with Crippen LogP contribution in [0.4, 0.5) is 0 Å². The summed E-state index contributed by atoms with van der Waals surface area (Å²) in [6, 6.07) is 62.8. The maximum Gasteiger partial charge on any atom is 0.0212 e. The van der Waals surface area contributed by atoms with Crippen LogP contribution in [0.15, 0.2) is 194 Å². The minimum Gasteiger partial charge on any atom is -0.0622 e. The predicted molar refractivity (Wildman–Crippen MR) is 229 cm³/mol. The number of fused-ring (bicyclic) bond motifs is 8. The number of benzene rings is 8. The zero-order valence-corrected chi connectivity index (χ0v) is 29.6. The summed E-state index contributed by atoms with van der Waals surface area (Å²) in [5, 5.41) is 5.21. The lowest BCUT2D eigenvalue weighted by Gasteiger charge is -2.31. The molecule has 8 aromatic rings. The van der Waals surface area contributed by atoms with E-state index in [0.29, 0.717) is 0 Å². The molecule has 12 rings (SSSR count). The maximum atomic E-state index is 2.54. The molecule has 250 valence electrons. The van der Waals surface area contributed by atoms with Gasteiger partial charge in [0.1, 0.15) is 0 Å². The molecule has 0 nitrogen and oxygen atoms in total. The Hall–Kier alpha value is -6.76. The number of rotatable bonds is 4. The van der Waals surface area contributed by atoms with Crippen molar-refractivity contribution in [2.75, 3.05) is 0 Å². The lowest BCUT2D eigenvalue weighted by Crippen LogP contribution is -2.17. The van der Waals surface area contributed by atoms with Gasteiger partial charge in [-0.15, -0.1) is 0 Å². The van der Waals surface area contributed by atoms with Gasteiger partial charge >= 0.3 is 0 Å². The molecule has 0 fully saturated rings. The third-order valence-electron chi connectivity index (χ3n) is 12.4. The average molecular weight is 683 g/mol. The monoisotopic (exact) mass is 682 g/mol. The van der Waals surface area contributed by atoms with E-state index < -0.39 is 0 Å². The summed E-state index contributed by atoms with van der Waals surface area (Å²) in [5.74, 6) is 0.537. The molecule has 0 aliphatic heterocycles. The Bertz CT molecular complexity index is 2790. The van der Waals surface area contributed by atoms with Crippen LogP contribution in [0.3, 0.4) is 0 Å². The molecule has 0 saturated heterocycles. The second kappa shape index (κ2) is 11.4. The minimum absolute atomic E-state index is 0.268. The van der Waals surface area contributed by atoms with Gasteiger partial charge in [-0.1, -0.05) is 182 Å². The first-order valence-corrected chi connectivity index (χ1v) is 19.1. The van der Waals surface area contributed by atoms with Crippen LogP contribution in [-0.2, 0) is 0 Å². The first-order valence-electron chi connectivity index (χ1n) is 19.1. The molecule has 4 aliphatic rings. The van der Waals surface area contributed by atoms with Crippen LogP contribution in [0.1, 0.15) is 22.3 Å². The van der Waals surface area contributed by atoms with Crippen LogP contribution in [0.5, 0.6) is 0 Å². The maximum absolute atomic E-state index is 2.54. The Morgan fingerprint density at radius 1 is 0.241 bits per heavy atom. The molecule has 0 heteroatoms. The van der Waals surface area contributed by atoms with E-state index in [4.69, 9.17) is 0 Å². The lowest BCUT2D eigenvalue weighted by molar-refractivity contribution is 0.758. The number of allylic oxidation sites excluding steroid dienone is 8. The van der Waals surface area contributed by atoms with Crippen LogP contribution in [0.25, 0.3) is 88.3 Å². The Kier molecular flexibility index (Phi) is 6.27. The van der Waals surface area contributed by atoms with E-state index >= 15 is 0 Å². The molecule has 0 amide bonds. The van der Waals surface area contributed by atoms with Crippen molar-refractivity contribution < 1.29 is 0 Å². The highest BCUT2D eigenvalue weighted by Gasteiger charge is 2.49. The molecule has 0 bridgehead atoms. The molecule has 0 atom stereocenters.